The van der Waals surface area contributed by atoms with Crippen LogP contribution in [0.1, 0.15) is 36.4 Å². The lowest BCUT2D eigenvalue weighted by atomic mass is 9.92. The van der Waals surface area contributed by atoms with Crippen LogP contribution in [0.4, 0.5) is 0 Å². The molecule has 0 N–H and O–H groups in total. The number of nitrogens with zero attached hydrogens (tertiary/aromatic N) is 4. The summed E-state index contributed by atoms with van der Waals surface area (Å²) in [5.74, 6) is 0.908. The number of carbonyl (C=O) groups is 1. The van der Waals surface area contributed by atoms with Crippen LogP contribution in [-0.2, 0) is 11.3 Å². The van der Waals surface area contributed by atoms with Crippen molar-refractivity contribution in [2.24, 2.45) is 5.92 Å². The van der Waals surface area contributed by atoms with Crippen molar-refractivity contribution in [1.82, 2.24) is 19.6 Å². The van der Waals surface area contributed by atoms with E-state index in [1.54, 1.807) is 0 Å². The standard InChI is InChI=1S/C21H30N4O/c1-17-6-4-7-19(16-17)20(23(2)3)21(26)24-13-8-18(9-14-24)10-15-25-12-5-11-22-25/h4-7,11-12,16,18,20H,8-10,13-15H2,1-3H3/t20-/m0/s1. The number of piperidine rings is 1. The first kappa shape index (κ1) is 18.6. The second-order valence-electron chi connectivity index (χ2n) is 7.61. The topological polar surface area (TPSA) is 41.4 Å². The summed E-state index contributed by atoms with van der Waals surface area (Å²) < 4.78 is 2.00. The molecule has 1 saturated heterocycles. The predicted molar refractivity (Wildman–Crippen MR) is 104 cm³/mol. The number of likely N-dealkylation sites (tertiary alicyclic amines) is 1. The first-order chi connectivity index (χ1) is 12.5. The van der Waals surface area contributed by atoms with Gasteiger partial charge in [0.25, 0.3) is 0 Å². The minimum atomic E-state index is -0.199. The van der Waals surface area contributed by atoms with Gasteiger partial charge in [-0.2, -0.15) is 5.10 Å². The molecule has 2 aromatic rings. The Kier molecular flexibility index (Phi) is 6.09. The van der Waals surface area contributed by atoms with Gasteiger partial charge in [-0.05, 0) is 57.8 Å². The zero-order valence-corrected chi connectivity index (χ0v) is 16.1. The fourth-order valence-corrected chi connectivity index (χ4v) is 3.86. The van der Waals surface area contributed by atoms with Crippen LogP contribution in [-0.4, -0.2) is 52.7 Å². The van der Waals surface area contributed by atoms with Gasteiger partial charge in [0.15, 0.2) is 0 Å². The third-order valence-electron chi connectivity index (χ3n) is 5.36. The Morgan fingerprint density at radius 2 is 2.04 bits per heavy atom. The van der Waals surface area contributed by atoms with Crippen LogP contribution < -0.4 is 0 Å². The Morgan fingerprint density at radius 3 is 2.65 bits per heavy atom. The lowest BCUT2D eigenvalue weighted by Crippen LogP contribution is -2.44. The summed E-state index contributed by atoms with van der Waals surface area (Å²) >= 11 is 0. The SMILES string of the molecule is Cc1cccc([C@@H](C(=O)N2CCC(CCn3cccn3)CC2)N(C)C)c1. The minimum Gasteiger partial charge on any atom is -0.341 e. The van der Waals surface area contributed by atoms with Crippen molar-refractivity contribution >= 4 is 5.91 Å². The zero-order valence-electron chi connectivity index (χ0n) is 16.1. The smallest absolute Gasteiger partial charge is 0.244 e. The molecule has 26 heavy (non-hydrogen) atoms. The van der Waals surface area contributed by atoms with Gasteiger partial charge in [0.05, 0.1) is 0 Å². The van der Waals surface area contributed by atoms with Gasteiger partial charge in [-0.15, -0.1) is 0 Å². The van der Waals surface area contributed by atoms with Gasteiger partial charge in [-0.25, -0.2) is 0 Å². The average Bonchev–Trinajstić information content (AvgIpc) is 3.14. The summed E-state index contributed by atoms with van der Waals surface area (Å²) in [7, 11) is 3.98. The van der Waals surface area contributed by atoms with Gasteiger partial charge in [0.2, 0.25) is 5.91 Å². The quantitative estimate of drug-likeness (QED) is 0.800. The second-order valence-corrected chi connectivity index (χ2v) is 7.61. The average molecular weight is 354 g/mol. The van der Waals surface area contributed by atoms with Crippen LogP contribution in [0, 0.1) is 12.8 Å². The Morgan fingerprint density at radius 1 is 1.27 bits per heavy atom. The fourth-order valence-electron chi connectivity index (χ4n) is 3.86. The largest absolute Gasteiger partial charge is 0.341 e. The van der Waals surface area contributed by atoms with Crippen LogP contribution in [0.3, 0.4) is 0 Å². The summed E-state index contributed by atoms with van der Waals surface area (Å²) in [5, 5.41) is 4.27. The Labute approximate surface area is 156 Å². The lowest BCUT2D eigenvalue weighted by Gasteiger charge is -2.36. The molecular formula is C21H30N4O. The molecule has 2 heterocycles. The van der Waals surface area contributed by atoms with Crippen molar-refractivity contribution in [2.45, 2.75) is 38.8 Å². The number of rotatable bonds is 6. The monoisotopic (exact) mass is 354 g/mol. The predicted octanol–water partition coefficient (Wildman–Crippen LogP) is 3.12. The maximum atomic E-state index is 13.2. The van der Waals surface area contributed by atoms with E-state index in [0.717, 1.165) is 44.5 Å². The number of hydrogen-bond donors (Lipinski definition) is 0. The third-order valence-corrected chi connectivity index (χ3v) is 5.36. The highest BCUT2D eigenvalue weighted by atomic mass is 16.2. The number of carbonyl (C=O) groups excluding carboxylic acids is 1. The maximum Gasteiger partial charge on any atom is 0.244 e. The molecule has 1 aromatic heterocycles. The molecule has 5 heteroatoms. The number of aromatic nitrogens is 2. The summed E-state index contributed by atoms with van der Waals surface area (Å²) in [6.07, 6.45) is 7.15. The third kappa shape index (κ3) is 4.52. The number of benzene rings is 1. The van der Waals surface area contributed by atoms with Gasteiger partial charge >= 0.3 is 0 Å². The molecule has 0 unspecified atom stereocenters. The number of likely N-dealkylation sites (N-methyl/N-ethyl adjacent to an activating group) is 1. The molecule has 140 valence electrons. The van der Waals surface area contributed by atoms with E-state index < -0.39 is 0 Å². The molecule has 1 fully saturated rings. The first-order valence-electron chi connectivity index (χ1n) is 9.54. The van der Waals surface area contributed by atoms with Crippen molar-refractivity contribution in [3.63, 3.8) is 0 Å². The molecular weight excluding hydrogens is 324 g/mol. The highest BCUT2D eigenvalue weighted by Crippen LogP contribution is 2.26. The Bertz CT molecular complexity index is 703. The molecule has 1 atom stereocenters. The van der Waals surface area contributed by atoms with E-state index in [4.69, 9.17) is 0 Å². The van der Waals surface area contributed by atoms with Crippen molar-refractivity contribution in [3.05, 3.63) is 53.9 Å². The summed E-state index contributed by atoms with van der Waals surface area (Å²) in [6, 6.07) is 10.1. The zero-order chi connectivity index (χ0) is 18.5. The molecule has 0 radical (unpaired) electrons. The second kappa shape index (κ2) is 8.49. The fraction of sp³-hybridized carbons (Fsp3) is 0.524. The number of aryl methyl sites for hydroxylation is 2. The van der Waals surface area contributed by atoms with Gasteiger partial charge in [0.1, 0.15) is 6.04 Å². The van der Waals surface area contributed by atoms with Crippen molar-refractivity contribution in [3.8, 4) is 0 Å². The Hall–Kier alpha value is -2.14. The molecule has 1 aliphatic rings. The molecule has 5 nitrogen and oxygen atoms in total. The van der Waals surface area contributed by atoms with E-state index >= 15 is 0 Å². The van der Waals surface area contributed by atoms with Gasteiger partial charge in [-0.1, -0.05) is 29.8 Å². The molecule has 1 aromatic carbocycles. The number of hydrogen-bond acceptors (Lipinski definition) is 3. The lowest BCUT2D eigenvalue weighted by molar-refractivity contribution is -0.137. The molecule has 0 spiro atoms. The van der Waals surface area contributed by atoms with E-state index in [1.165, 1.54) is 5.56 Å². The maximum absolute atomic E-state index is 13.2. The van der Waals surface area contributed by atoms with E-state index in [-0.39, 0.29) is 11.9 Å². The molecule has 1 aliphatic heterocycles. The summed E-state index contributed by atoms with van der Waals surface area (Å²) in [5.41, 5.74) is 2.28. The first-order valence-corrected chi connectivity index (χ1v) is 9.54. The van der Waals surface area contributed by atoms with Gasteiger partial charge in [0, 0.05) is 32.0 Å². The van der Waals surface area contributed by atoms with E-state index in [2.05, 4.69) is 35.1 Å². The number of amides is 1. The molecule has 3 rings (SSSR count). The van der Waals surface area contributed by atoms with Gasteiger partial charge < -0.3 is 4.90 Å². The van der Waals surface area contributed by atoms with E-state index in [9.17, 15) is 4.79 Å². The van der Waals surface area contributed by atoms with Crippen molar-refractivity contribution < 1.29 is 4.79 Å². The normalized spacial score (nSPS) is 16.8. The van der Waals surface area contributed by atoms with E-state index in [0.29, 0.717) is 5.92 Å². The summed E-state index contributed by atoms with van der Waals surface area (Å²) in [6.45, 7) is 4.76. The van der Waals surface area contributed by atoms with Crippen LogP contribution in [0.15, 0.2) is 42.7 Å². The van der Waals surface area contributed by atoms with Crippen LogP contribution in [0.5, 0.6) is 0 Å². The highest BCUT2D eigenvalue weighted by molar-refractivity contribution is 5.83. The molecule has 0 bridgehead atoms. The molecule has 1 amide bonds. The van der Waals surface area contributed by atoms with Crippen LogP contribution >= 0.6 is 0 Å². The van der Waals surface area contributed by atoms with Crippen molar-refractivity contribution in [1.29, 1.82) is 0 Å². The molecule has 0 aliphatic carbocycles. The van der Waals surface area contributed by atoms with Crippen LogP contribution in [0.2, 0.25) is 0 Å². The van der Waals surface area contributed by atoms with Crippen molar-refractivity contribution in [2.75, 3.05) is 27.2 Å². The van der Waals surface area contributed by atoms with E-state index in [1.807, 2.05) is 48.2 Å². The Balaban J connectivity index is 1.57. The molecule has 0 saturated carbocycles. The highest BCUT2D eigenvalue weighted by Gasteiger charge is 2.30. The van der Waals surface area contributed by atoms with Crippen LogP contribution in [0.25, 0.3) is 0 Å². The summed E-state index contributed by atoms with van der Waals surface area (Å²) in [4.78, 5) is 17.3. The van der Waals surface area contributed by atoms with Gasteiger partial charge in [-0.3, -0.25) is 14.4 Å². The minimum absolute atomic E-state index is 0.199.